The van der Waals surface area contributed by atoms with Crippen molar-refractivity contribution in [3.05, 3.63) is 56.4 Å². The van der Waals surface area contributed by atoms with E-state index in [1.54, 1.807) is 11.3 Å². The summed E-state index contributed by atoms with van der Waals surface area (Å²) in [5.74, 6) is 2.56. The van der Waals surface area contributed by atoms with Crippen molar-refractivity contribution in [1.29, 1.82) is 0 Å². The predicted octanol–water partition coefficient (Wildman–Crippen LogP) is 5.00. The fourth-order valence-corrected chi connectivity index (χ4v) is 6.98. The molecular formula is C22H25N3OS2. The lowest BCUT2D eigenvalue weighted by molar-refractivity contribution is 0.437. The third-order valence-corrected chi connectivity index (χ3v) is 8.27. The summed E-state index contributed by atoms with van der Waals surface area (Å²) in [5, 5.41) is 4.55. The van der Waals surface area contributed by atoms with Crippen molar-refractivity contribution in [3.8, 4) is 0 Å². The van der Waals surface area contributed by atoms with Crippen LogP contribution in [0.4, 0.5) is 0 Å². The van der Waals surface area contributed by atoms with E-state index in [0.29, 0.717) is 12.0 Å². The average molecular weight is 412 g/mol. The van der Waals surface area contributed by atoms with E-state index in [4.69, 9.17) is 4.98 Å². The molecule has 1 aliphatic carbocycles. The molecule has 28 heavy (non-hydrogen) atoms. The van der Waals surface area contributed by atoms with Crippen LogP contribution in [0.5, 0.6) is 0 Å². The van der Waals surface area contributed by atoms with Crippen LogP contribution in [0.2, 0.25) is 0 Å². The molecule has 4 nitrogen and oxygen atoms in total. The van der Waals surface area contributed by atoms with Crippen LogP contribution in [0.3, 0.4) is 0 Å². The Morgan fingerprint density at radius 2 is 2.14 bits per heavy atom. The van der Waals surface area contributed by atoms with Gasteiger partial charge in [0.25, 0.3) is 5.56 Å². The fourth-order valence-electron chi connectivity index (χ4n) is 4.47. The first-order valence-electron chi connectivity index (χ1n) is 10.1. The first-order valence-corrected chi connectivity index (χ1v) is 11.9. The number of rotatable bonds is 3. The molecule has 0 bridgehead atoms. The minimum Gasteiger partial charge on any atom is -0.309 e. The number of aromatic nitrogens is 2. The van der Waals surface area contributed by atoms with Crippen LogP contribution in [0.25, 0.3) is 10.2 Å². The summed E-state index contributed by atoms with van der Waals surface area (Å²) in [6, 6.07) is 8.90. The highest BCUT2D eigenvalue weighted by Crippen LogP contribution is 2.38. The molecule has 2 aromatic heterocycles. The van der Waals surface area contributed by atoms with E-state index >= 15 is 0 Å². The molecular weight excluding hydrogens is 386 g/mol. The zero-order valence-corrected chi connectivity index (χ0v) is 17.9. The number of benzene rings is 1. The molecule has 0 saturated carbocycles. The molecule has 3 aromatic rings. The van der Waals surface area contributed by atoms with Gasteiger partial charge in [0.1, 0.15) is 10.7 Å². The number of hydrogen-bond donors (Lipinski definition) is 2. The second kappa shape index (κ2) is 7.32. The lowest BCUT2D eigenvalue weighted by Gasteiger charge is -2.28. The van der Waals surface area contributed by atoms with Crippen molar-refractivity contribution in [2.75, 3.05) is 5.75 Å². The molecule has 0 unspecified atom stereocenters. The molecule has 0 amide bonds. The van der Waals surface area contributed by atoms with Crippen molar-refractivity contribution in [1.82, 2.24) is 15.3 Å². The molecule has 5 rings (SSSR count). The van der Waals surface area contributed by atoms with Gasteiger partial charge >= 0.3 is 0 Å². The van der Waals surface area contributed by atoms with Crippen molar-refractivity contribution < 1.29 is 0 Å². The highest BCUT2D eigenvalue weighted by Gasteiger charge is 2.26. The second-order valence-corrected chi connectivity index (χ2v) is 10.3. The van der Waals surface area contributed by atoms with E-state index in [2.05, 4.69) is 48.4 Å². The molecule has 3 heterocycles. The standard InChI is InChI=1S/C22H25N3OS2/c1-12-7-8-15-18(11-12)28-22-19(15)21(26)24-20(25-22)13(2)23-16-9-10-27-17-6-4-3-5-14(16)17/h3-6,12-13,16,23H,7-11H2,1-2H3,(H,24,25,26)/t12-,13-,16-/m1/s1. The van der Waals surface area contributed by atoms with Crippen LogP contribution in [0.1, 0.15) is 60.6 Å². The molecule has 0 radical (unpaired) electrons. The predicted molar refractivity (Wildman–Crippen MR) is 118 cm³/mol. The largest absolute Gasteiger partial charge is 0.309 e. The van der Waals surface area contributed by atoms with E-state index < -0.39 is 0 Å². The zero-order valence-electron chi connectivity index (χ0n) is 16.2. The summed E-state index contributed by atoms with van der Waals surface area (Å²) in [6.07, 6.45) is 4.33. The lowest BCUT2D eigenvalue weighted by Crippen LogP contribution is -2.29. The van der Waals surface area contributed by atoms with E-state index in [1.807, 2.05) is 11.8 Å². The summed E-state index contributed by atoms with van der Waals surface area (Å²) in [7, 11) is 0. The van der Waals surface area contributed by atoms with Crippen LogP contribution in [-0.2, 0) is 12.8 Å². The number of thioether (sulfide) groups is 1. The molecule has 0 spiro atoms. The molecule has 1 aliphatic heterocycles. The molecule has 2 N–H and O–H groups in total. The lowest BCUT2D eigenvalue weighted by atomic mass is 9.89. The summed E-state index contributed by atoms with van der Waals surface area (Å²) in [6.45, 7) is 4.40. The highest BCUT2D eigenvalue weighted by atomic mass is 32.2. The minimum absolute atomic E-state index is 0.00342. The molecule has 1 aromatic carbocycles. The molecule has 0 saturated heterocycles. The van der Waals surface area contributed by atoms with Gasteiger partial charge in [-0.15, -0.1) is 23.1 Å². The minimum atomic E-state index is -0.00342. The van der Waals surface area contributed by atoms with Crippen LogP contribution in [-0.4, -0.2) is 15.7 Å². The molecule has 2 aliphatic rings. The third kappa shape index (κ3) is 3.21. The molecule has 6 heteroatoms. The number of fused-ring (bicyclic) bond motifs is 4. The Hall–Kier alpha value is -1.63. The maximum absolute atomic E-state index is 12.9. The van der Waals surface area contributed by atoms with Gasteiger partial charge in [0, 0.05) is 15.8 Å². The van der Waals surface area contributed by atoms with Gasteiger partial charge in [-0.05, 0) is 61.5 Å². The molecule has 0 fully saturated rings. The average Bonchev–Trinajstić information content (AvgIpc) is 3.06. The Labute approximate surface area is 173 Å². The van der Waals surface area contributed by atoms with E-state index in [1.165, 1.54) is 20.9 Å². The van der Waals surface area contributed by atoms with Gasteiger partial charge in [0.2, 0.25) is 0 Å². The maximum Gasteiger partial charge on any atom is 0.259 e. The highest BCUT2D eigenvalue weighted by molar-refractivity contribution is 7.99. The number of H-pyrrole nitrogens is 1. The number of thiophene rings is 1. The van der Waals surface area contributed by atoms with Crippen molar-refractivity contribution in [3.63, 3.8) is 0 Å². The van der Waals surface area contributed by atoms with Crippen molar-refractivity contribution >= 4 is 33.3 Å². The van der Waals surface area contributed by atoms with Gasteiger partial charge in [-0.3, -0.25) is 4.79 Å². The zero-order chi connectivity index (χ0) is 19.3. The quantitative estimate of drug-likeness (QED) is 0.637. The summed E-state index contributed by atoms with van der Waals surface area (Å²) in [4.78, 5) is 24.5. The van der Waals surface area contributed by atoms with Crippen LogP contribution < -0.4 is 10.9 Å². The second-order valence-electron chi connectivity index (χ2n) is 8.10. The monoisotopic (exact) mass is 411 g/mol. The summed E-state index contributed by atoms with van der Waals surface area (Å²) < 4.78 is 0. The van der Waals surface area contributed by atoms with Crippen LogP contribution in [0, 0.1) is 5.92 Å². The topological polar surface area (TPSA) is 57.8 Å². The summed E-state index contributed by atoms with van der Waals surface area (Å²) in [5.41, 5.74) is 2.63. The van der Waals surface area contributed by atoms with E-state index in [-0.39, 0.29) is 11.6 Å². The van der Waals surface area contributed by atoms with Gasteiger partial charge < -0.3 is 10.3 Å². The van der Waals surface area contributed by atoms with Gasteiger partial charge in [0.15, 0.2) is 0 Å². The Bertz CT molecular complexity index is 1090. The van der Waals surface area contributed by atoms with E-state index in [0.717, 1.165) is 47.5 Å². The van der Waals surface area contributed by atoms with Gasteiger partial charge in [0.05, 0.1) is 11.4 Å². The van der Waals surface area contributed by atoms with Gasteiger partial charge in [-0.25, -0.2) is 4.98 Å². The third-order valence-electron chi connectivity index (χ3n) is 6.00. The SMILES string of the molecule is C[C@@H]1CCc2c(sc3nc([C@@H](C)N[C@@H]4CCSc5ccccc54)[nH]c(=O)c23)C1. The smallest absolute Gasteiger partial charge is 0.259 e. The number of hydrogen-bond acceptors (Lipinski definition) is 5. The number of nitrogens with one attached hydrogen (secondary N) is 2. The number of aryl methyl sites for hydroxylation is 1. The molecule has 3 atom stereocenters. The van der Waals surface area contributed by atoms with Crippen molar-refractivity contribution in [2.45, 2.75) is 56.5 Å². The Morgan fingerprint density at radius 1 is 1.29 bits per heavy atom. The van der Waals surface area contributed by atoms with E-state index in [9.17, 15) is 4.79 Å². The maximum atomic E-state index is 12.9. The number of aromatic amines is 1. The number of nitrogens with zero attached hydrogens (tertiary/aromatic N) is 1. The first-order chi connectivity index (χ1) is 13.6. The van der Waals surface area contributed by atoms with Gasteiger partial charge in [-0.1, -0.05) is 25.1 Å². The van der Waals surface area contributed by atoms with Gasteiger partial charge in [-0.2, -0.15) is 0 Å². The van der Waals surface area contributed by atoms with Crippen molar-refractivity contribution in [2.24, 2.45) is 5.92 Å². The Morgan fingerprint density at radius 3 is 3.04 bits per heavy atom. The Kier molecular flexibility index (Phi) is 4.81. The molecule has 146 valence electrons. The normalized spacial score (nSPS) is 22.6. The fraction of sp³-hybridized carbons (Fsp3) is 0.455. The summed E-state index contributed by atoms with van der Waals surface area (Å²) >= 11 is 3.64. The first kappa shape index (κ1) is 18.4. The Balaban J connectivity index is 1.46. The van der Waals surface area contributed by atoms with Crippen LogP contribution in [0.15, 0.2) is 34.0 Å². The van der Waals surface area contributed by atoms with Crippen LogP contribution >= 0.6 is 23.1 Å².